The number of rotatable bonds is 7. The predicted molar refractivity (Wildman–Crippen MR) is 59.4 cm³/mol. The second kappa shape index (κ2) is 15.5. The Labute approximate surface area is 141 Å². The molecule has 0 unspecified atom stereocenters. The van der Waals surface area contributed by atoms with Gasteiger partial charge in [0.2, 0.25) is 0 Å². The molecule has 0 N–H and O–H groups in total. The molecule has 12 radical (unpaired) electrons. The fourth-order valence-corrected chi connectivity index (χ4v) is 0.745. The topological polar surface area (TPSA) is 0 Å². The van der Waals surface area contributed by atoms with E-state index < -0.39 is 0 Å². The molecule has 0 aromatic heterocycles. The third-order valence-corrected chi connectivity index (χ3v) is 1.28. The minimum absolute atomic E-state index is 0. The first kappa shape index (κ1) is 16.4. The van der Waals surface area contributed by atoms with E-state index >= 15 is 0 Å². The molecule has 0 aliphatic carbocycles. The fourth-order valence-electron chi connectivity index (χ4n) is 0.291. The van der Waals surface area contributed by atoms with Crippen LogP contribution in [0.5, 0.6) is 0 Å². The quantitative estimate of drug-likeness (QED) is 0.325. The summed E-state index contributed by atoms with van der Waals surface area (Å²) < 4.78 is 0. The summed E-state index contributed by atoms with van der Waals surface area (Å²) in [5, 5.41) is 0. The normalized spacial score (nSPS) is 6.64. The predicted octanol–water partition coefficient (Wildman–Crippen LogP) is -5.78. The van der Waals surface area contributed by atoms with E-state index in [0.29, 0.717) is 0 Å². The van der Waals surface area contributed by atoms with Crippen molar-refractivity contribution < 1.29 is 68.9 Å². The van der Waals surface area contributed by atoms with Gasteiger partial charge < -0.3 is 7.74 Å². The van der Waals surface area contributed by atoms with Crippen molar-refractivity contribution in [2.45, 2.75) is 0 Å². The van der Waals surface area contributed by atoms with Gasteiger partial charge in [0.15, 0.2) is 0 Å². The summed E-state index contributed by atoms with van der Waals surface area (Å²) in [6.45, 7) is 0. The Balaban J connectivity index is 0. The first-order chi connectivity index (χ1) is 4.91. The molecule has 0 fully saturated rings. The van der Waals surface area contributed by atoms with Crippen LogP contribution in [0.3, 0.4) is 0 Å². The van der Waals surface area contributed by atoms with Gasteiger partial charge in [-0.2, -0.15) is 0 Å². The molecule has 0 spiro atoms. The first-order valence-electron chi connectivity index (χ1n) is 2.80. The molecule has 0 aliphatic rings. The molecule has 11 heavy (non-hydrogen) atoms. The molecule has 0 aromatic carbocycles. The molecule has 0 aliphatic heterocycles. The van der Waals surface area contributed by atoms with Crippen molar-refractivity contribution >= 4 is 75.1 Å². The third-order valence-electron chi connectivity index (χ3n) is 0.648. The van der Waals surface area contributed by atoms with Crippen LogP contribution >= 0.6 is 11.5 Å². The zero-order valence-electron chi connectivity index (χ0n) is 6.60. The summed E-state index contributed by atoms with van der Waals surface area (Å²) in [5.41, 5.74) is 0. The van der Waals surface area contributed by atoms with Crippen molar-refractivity contribution in [2.24, 2.45) is 0 Å². The van der Waals surface area contributed by atoms with Crippen molar-refractivity contribution in [3.63, 3.8) is 0 Å². The number of hydrogen-bond donors (Lipinski definition) is 0. The van der Waals surface area contributed by atoms with Crippen LogP contribution in [0.2, 0.25) is 0 Å². The molecule has 11 heteroatoms. The maximum absolute atomic E-state index is 5.09. The standard InChI is InChI=1S/B9S.Cs/c1-3-5-7-9-10-8-6-4-2;/q-1;+1. The molecule has 0 atom stereocenters. The molecule has 34 valence electrons. The van der Waals surface area contributed by atoms with Gasteiger partial charge in [-0.3, -0.25) is 18.5 Å². The van der Waals surface area contributed by atoms with Crippen molar-refractivity contribution in [3.8, 4) is 0 Å². The molecule has 0 heterocycles. The van der Waals surface area contributed by atoms with Gasteiger partial charge in [0.25, 0.3) is 0 Å². The van der Waals surface area contributed by atoms with Gasteiger partial charge in [0, 0.05) is 28.9 Å². The van der Waals surface area contributed by atoms with Crippen LogP contribution in [0.1, 0.15) is 0 Å². The average molecular weight is 262 g/mol. The van der Waals surface area contributed by atoms with E-state index in [1.807, 2.05) is 20.0 Å². The smallest absolute Gasteiger partial charge is 0.690 e. The Kier molecular flexibility index (Phi) is 23.1. The third kappa shape index (κ3) is 15.7. The van der Waals surface area contributed by atoms with E-state index in [-0.39, 0.29) is 68.9 Å². The molecular weight excluding hydrogens is 262 g/mol. The molecule has 0 nitrogen and oxygen atoms in total. The summed E-state index contributed by atoms with van der Waals surface area (Å²) in [6, 6.07) is 0. The van der Waals surface area contributed by atoms with Gasteiger partial charge in [-0.25, -0.2) is 0 Å². The Hall–Kier alpha value is 2.99. The van der Waals surface area contributed by atoms with Crippen molar-refractivity contribution in [2.75, 3.05) is 0 Å². The summed E-state index contributed by atoms with van der Waals surface area (Å²) in [4.78, 5) is 0. The van der Waals surface area contributed by atoms with Crippen molar-refractivity contribution in [3.05, 3.63) is 0 Å². The monoisotopic (exact) mass is 264 g/mol. The molecule has 0 rings (SSSR count). The van der Waals surface area contributed by atoms with Crippen LogP contribution in [0, 0.1) is 0 Å². The van der Waals surface area contributed by atoms with Gasteiger partial charge in [-0.15, -0.1) is 0 Å². The van der Waals surface area contributed by atoms with E-state index in [2.05, 4.69) is 0 Å². The minimum atomic E-state index is 0. The molecule has 0 aromatic rings. The average Bonchev–Trinajstić information content (AvgIpc) is 1.97. The van der Waals surface area contributed by atoms with E-state index in [1.54, 1.807) is 14.1 Å². The number of hydrogen-bond acceptors (Lipinski definition) is 1. The van der Waals surface area contributed by atoms with Crippen molar-refractivity contribution in [1.82, 2.24) is 0 Å². The van der Waals surface area contributed by atoms with Crippen LogP contribution in [-0.2, 0) is 0 Å². The van der Waals surface area contributed by atoms with Gasteiger partial charge in [-0.05, 0) is 7.06 Å². The Morgan fingerprint density at radius 3 is 2.27 bits per heavy atom. The molecule has 0 amide bonds. The summed E-state index contributed by atoms with van der Waals surface area (Å²) in [7, 11) is 18.5. The molecule has 0 bridgehead atoms. The van der Waals surface area contributed by atoms with Crippen LogP contribution in [0.25, 0.3) is 0 Å². The second-order valence-corrected chi connectivity index (χ2v) is 2.19. The Bertz CT molecular complexity index is 49.5. The fraction of sp³-hybridized carbons (Fsp3) is 0. The molecule has 0 saturated carbocycles. The van der Waals surface area contributed by atoms with Crippen LogP contribution in [0.4, 0.5) is 0 Å². The van der Waals surface area contributed by atoms with Gasteiger partial charge in [0.1, 0.15) is 12.9 Å². The van der Waals surface area contributed by atoms with Crippen LogP contribution in [0.15, 0.2) is 0 Å². The van der Waals surface area contributed by atoms with E-state index in [4.69, 9.17) is 15.5 Å². The maximum atomic E-state index is 5.09. The maximum Gasteiger partial charge on any atom is 1.00 e. The molecular formula is B9CsS. The second-order valence-electron chi connectivity index (χ2n) is 1.37. The summed E-state index contributed by atoms with van der Waals surface area (Å²) in [5.74, 6) is 0. The molecule has 0 saturated heterocycles. The Morgan fingerprint density at radius 2 is 1.73 bits per heavy atom. The van der Waals surface area contributed by atoms with E-state index in [9.17, 15) is 0 Å². The van der Waals surface area contributed by atoms with E-state index in [1.165, 1.54) is 25.6 Å². The first-order valence-corrected chi connectivity index (χ1v) is 3.75. The Morgan fingerprint density at radius 1 is 1.09 bits per heavy atom. The van der Waals surface area contributed by atoms with Crippen molar-refractivity contribution in [1.29, 1.82) is 0 Å². The minimum Gasteiger partial charge on any atom is -0.690 e. The van der Waals surface area contributed by atoms with Gasteiger partial charge in [0.05, 0.1) is 0 Å². The van der Waals surface area contributed by atoms with Crippen LogP contribution in [-0.4, -0.2) is 63.7 Å². The SMILES string of the molecule is [B][B][B][B]S[B][B][B][B][B-].[Cs+]. The summed E-state index contributed by atoms with van der Waals surface area (Å²) >= 11 is 1.54. The van der Waals surface area contributed by atoms with Gasteiger partial charge >= 0.3 is 68.9 Å². The van der Waals surface area contributed by atoms with E-state index in [0.717, 1.165) is 0 Å². The zero-order valence-corrected chi connectivity index (χ0v) is 13.7. The summed E-state index contributed by atoms with van der Waals surface area (Å²) in [6.07, 6.45) is 3.78. The van der Waals surface area contributed by atoms with Gasteiger partial charge in [-0.1, -0.05) is 0 Å². The largest absolute Gasteiger partial charge is 1.00 e. The zero-order chi connectivity index (χ0) is 7.66. The van der Waals surface area contributed by atoms with Crippen LogP contribution < -0.4 is 68.9 Å².